The molecule has 0 aliphatic carbocycles. The van der Waals surface area contributed by atoms with Gasteiger partial charge in [-0.2, -0.15) is 0 Å². The molecule has 0 saturated heterocycles. The first-order chi connectivity index (χ1) is 9.45. The summed E-state index contributed by atoms with van der Waals surface area (Å²) in [5.41, 5.74) is 1.96. The molecule has 0 heterocycles. The number of carbonyl (C=O) groups is 1. The fourth-order valence-corrected chi connectivity index (χ4v) is 1.93. The van der Waals surface area contributed by atoms with Crippen molar-refractivity contribution in [1.82, 2.24) is 5.32 Å². The van der Waals surface area contributed by atoms with E-state index in [0.717, 1.165) is 30.0 Å². The molecule has 20 heavy (non-hydrogen) atoms. The predicted octanol–water partition coefficient (Wildman–Crippen LogP) is 3.03. The van der Waals surface area contributed by atoms with Crippen LogP contribution in [0, 0.1) is 6.92 Å². The van der Waals surface area contributed by atoms with Gasteiger partial charge in [-0.3, -0.25) is 4.79 Å². The largest absolute Gasteiger partial charge is 0.492 e. The van der Waals surface area contributed by atoms with Crippen molar-refractivity contribution in [1.29, 1.82) is 0 Å². The average Bonchev–Trinajstić information content (AvgIpc) is 2.36. The fraction of sp³-hybridized carbons (Fsp3) is 0.562. The van der Waals surface area contributed by atoms with E-state index < -0.39 is 0 Å². The minimum absolute atomic E-state index is 0.302. The molecule has 0 unspecified atom stereocenters. The van der Waals surface area contributed by atoms with Gasteiger partial charge in [0, 0.05) is 19.0 Å². The molecule has 0 amide bonds. The Kier molecular flexibility index (Phi) is 6.52. The lowest BCUT2D eigenvalue weighted by atomic mass is 10.00. The third-order valence-electron chi connectivity index (χ3n) is 2.97. The van der Waals surface area contributed by atoms with Gasteiger partial charge in [0.25, 0.3) is 0 Å². The second kappa shape index (κ2) is 7.90. The number of nitrogens with one attached hydrogen (secondary N) is 1. The van der Waals surface area contributed by atoms with E-state index in [-0.39, 0.29) is 5.97 Å². The Balaban J connectivity index is 2.92. The summed E-state index contributed by atoms with van der Waals surface area (Å²) in [5.74, 6) is 1.48. The number of likely N-dealkylation sites (N-methyl/N-ethyl adjacent to an activating group) is 1. The molecule has 1 N–H and O–H groups in total. The molecule has 4 nitrogen and oxygen atoms in total. The van der Waals surface area contributed by atoms with E-state index in [0.29, 0.717) is 18.3 Å². The topological polar surface area (TPSA) is 47.6 Å². The van der Waals surface area contributed by atoms with Crippen molar-refractivity contribution in [2.75, 3.05) is 19.7 Å². The summed E-state index contributed by atoms with van der Waals surface area (Å²) in [6, 6.07) is 3.85. The van der Waals surface area contributed by atoms with Crippen molar-refractivity contribution in [3.8, 4) is 11.5 Å². The SMILES string of the molecule is CCNCCOc1cc(C)c(OC(C)=O)cc1C(C)C. The first kappa shape index (κ1) is 16.5. The molecule has 112 valence electrons. The normalized spacial score (nSPS) is 10.7. The van der Waals surface area contributed by atoms with Crippen LogP contribution >= 0.6 is 0 Å². The van der Waals surface area contributed by atoms with Crippen LogP contribution in [-0.2, 0) is 4.79 Å². The molecule has 0 spiro atoms. The van der Waals surface area contributed by atoms with Gasteiger partial charge >= 0.3 is 5.97 Å². The monoisotopic (exact) mass is 279 g/mol. The quantitative estimate of drug-likeness (QED) is 0.473. The molecule has 0 radical (unpaired) electrons. The Morgan fingerprint density at radius 3 is 2.55 bits per heavy atom. The van der Waals surface area contributed by atoms with Crippen LogP contribution in [-0.4, -0.2) is 25.7 Å². The van der Waals surface area contributed by atoms with Gasteiger partial charge in [-0.05, 0) is 37.1 Å². The van der Waals surface area contributed by atoms with Crippen LogP contribution in [0.5, 0.6) is 11.5 Å². The van der Waals surface area contributed by atoms with E-state index >= 15 is 0 Å². The molecule has 0 bridgehead atoms. The van der Waals surface area contributed by atoms with Gasteiger partial charge in [0.05, 0.1) is 0 Å². The lowest BCUT2D eigenvalue weighted by Gasteiger charge is -2.17. The van der Waals surface area contributed by atoms with Crippen molar-refractivity contribution in [3.63, 3.8) is 0 Å². The van der Waals surface area contributed by atoms with Crippen LogP contribution < -0.4 is 14.8 Å². The molecule has 1 aromatic carbocycles. The molecular weight excluding hydrogens is 254 g/mol. The smallest absolute Gasteiger partial charge is 0.308 e. The first-order valence-corrected chi connectivity index (χ1v) is 7.12. The average molecular weight is 279 g/mol. The minimum Gasteiger partial charge on any atom is -0.492 e. The molecule has 0 aromatic heterocycles. The second-order valence-corrected chi connectivity index (χ2v) is 5.11. The van der Waals surface area contributed by atoms with E-state index in [2.05, 4.69) is 26.1 Å². The molecule has 0 fully saturated rings. The molecule has 0 aliphatic heterocycles. The second-order valence-electron chi connectivity index (χ2n) is 5.11. The summed E-state index contributed by atoms with van der Waals surface area (Å²) >= 11 is 0. The number of rotatable bonds is 7. The highest BCUT2D eigenvalue weighted by molar-refractivity contribution is 5.70. The number of hydrogen-bond acceptors (Lipinski definition) is 4. The van der Waals surface area contributed by atoms with Crippen LogP contribution in [0.3, 0.4) is 0 Å². The van der Waals surface area contributed by atoms with E-state index in [1.165, 1.54) is 6.92 Å². The Morgan fingerprint density at radius 2 is 2.00 bits per heavy atom. The zero-order chi connectivity index (χ0) is 15.1. The van der Waals surface area contributed by atoms with Crippen LogP contribution in [0.4, 0.5) is 0 Å². The predicted molar refractivity (Wildman–Crippen MR) is 80.6 cm³/mol. The fourth-order valence-electron chi connectivity index (χ4n) is 1.93. The van der Waals surface area contributed by atoms with Gasteiger partial charge in [0.1, 0.15) is 18.1 Å². The highest BCUT2D eigenvalue weighted by Gasteiger charge is 2.13. The van der Waals surface area contributed by atoms with E-state index in [4.69, 9.17) is 9.47 Å². The summed E-state index contributed by atoms with van der Waals surface area (Å²) in [5, 5.41) is 3.22. The zero-order valence-electron chi connectivity index (χ0n) is 13.1. The number of carbonyl (C=O) groups excluding carboxylic acids is 1. The Bertz CT molecular complexity index is 455. The van der Waals surface area contributed by atoms with Crippen LogP contribution in [0.15, 0.2) is 12.1 Å². The molecular formula is C16H25NO3. The lowest BCUT2D eigenvalue weighted by molar-refractivity contribution is -0.131. The van der Waals surface area contributed by atoms with Crippen molar-refractivity contribution in [2.45, 2.75) is 40.5 Å². The number of hydrogen-bond donors (Lipinski definition) is 1. The zero-order valence-corrected chi connectivity index (χ0v) is 13.1. The van der Waals surface area contributed by atoms with Crippen LogP contribution in [0.2, 0.25) is 0 Å². The van der Waals surface area contributed by atoms with Gasteiger partial charge in [-0.25, -0.2) is 0 Å². The summed E-state index contributed by atoms with van der Waals surface area (Å²) in [6.07, 6.45) is 0. The van der Waals surface area contributed by atoms with Gasteiger partial charge in [0.15, 0.2) is 0 Å². The van der Waals surface area contributed by atoms with Gasteiger partial charge < -0.3 is 14.8 Å². The number of benzene rings is 1. The van der Waals surface area contributed by atoms with E-state index in [1.54, 1.807) is 0 Å². The Morgan fingerprint density at radius 1 is 1.30 bits per heavy atom. The van der Waals surface area contributed by atoms with Crippen LogP contribution in [0.1, 0.15) is 44.7 Å². The highest BCUT2D eigenvalue weighted by Crippen LogP contribution is 2.33. The summed E-state index contributed by atoms with van der Waals surface area (Å²) < 4.78 is 11.1. The van der Waals surface area contributed by atoms with Crippen LogP contribution in [0.25, 0.3) is 0 Å². The minimum atomic E-state index is -0.302. The maximum Gasteiger partial charge on any atom is 0.308 e. The standard InChI is InChI=1S/C16H25NO3/c1-6-17-7-8-19-16-9-12(4)15(20-13(5)18)10-14(16)11(2)3/h9-11,17H,6-8H2,1-5H3. The van der Waals surface area contributed by atoms with Gasteiger partial charge in [-0.1, -0.05) is 20.8 Å². The number of ether oxygens (including phenoxy) is 2. The van der Waals surface area contributed by atoms with E-state index in [1.807, 2.05) is 19.1 Å². The summed E-state index contributed by atoms with van der Waals surface area (Å²) in [4.78, 5) is 11.1. The maximum atomic E-state index is 11.1. The highest BCUT2D eigenvalue weighted by atomic mass is 16.5. The summed E-state index contributed by atoms with van der Waals surface area (Å²) in [7, 11) is 0. The summed E-state index contributed by atoms with van der Waals surface area (Å²) in [6.45, 7) is 12.0. The molecule has 0 aliphatic rings. The Labute approximate surface area is 121 Å². The van der Waals surface area contributed by atoms with Crippen molar-refractivity contribution < 1.29 is 14.3 Å². The molecule has 4 heteroatoms. The maximum absolute atomic E-state index is 11.1. The lowest BCUT2D eigenvalue weighted by Crippen LogP contribution is -2.20. The van der Waals surface area contributed by atoms with E-state index in [9.17, 15) is 4.79 Å². The molecule has 1 rings (SSSR count). The van der Waals surface area contributed by atoms with Crippen molar-refractivity contribution in [2.24, 2.45) is 0 Å². The van der Waals surface area contributed by atoms with Gasteiger partial charge in [-0.15, -0.1) is 0 Å². The van der Waals surface area contributed by atoms with Crippen molar-refractivity contribution in [3.05, 3.63) is 23.3 Å². The first-order valence-electron chi connectivity index (χ1n) is 7.12. The third kappa shape index (κ3) is 4.85. The third-order valence-corrected chi connectivity index (χ3v) is 2.97. The number of esters is 1. The number of aryl methyl sites for hydroxylation is 1. The van der Waals surface area contributed by atoms with Gasteiger partial charge in [0.2, 0.25) is 0 Å². The van der Waals surface area contributed by atoms with Crippen molar-refractivity contribution >= 4 is 5.97 Å². The Hall–Kier alpha value is -1.55. The molecule has 0 atom stereocenters. The molecule has 0 saturated carbocycles. The molecule has 1 aromatic rings.